The molecule has 0 fully saturated rings. The van der Waals surface area contributed by atoms with E-state index in [-0.39, 0.29) is 0 Å². The van der Waals surface area contributed by atoms with Gasteiger partial charge in [0.2, 0.25) is 0 Å². The van der Waals surface area contributed by atoms with Crippen molar-refractivity contribution in [3.8, 4) is 0 Å². The molecular formula is C13H17ClN2OS. The molecule has 98 valence electrons. The molecule has 5 heteroatoms. The van der Waals surface area contributed by atoms with Gasteiger partial charge < -0.3 is 4.57 Å². The molecule has 0 aliphatic rings. The van der Waals surface area contributed by atoms with Crippen molar-refractivity contribution in [2.45, 2.75) is 26.3 Å². The number of imidazole rings is 1. The van der Waals surface area contributed by atoms with E-state index in [2.05, 4.69) is 22.5 Å². The van der Waals surface area contributed by atoms with E-state index in [1.807, 2.05) is 19.1 Å². The lowest BCUT2D eigenvalue weighted by Crippen LogP contribution is -2.11. The van der Waals surface area contributed by atoms with Crippen LogP contribution in [0.25, 0.3) is 11.0 Å². The van der Waals surface area contributed by atoms with Crippen molar-refractivity contribution in [1.82, 2.24) is 9.55 Å². The highest BCUT2D eigenvalue weighted by molar-refractivity contribution is 7.84. The summed E-state index contributed by atoms with van der Waals surface area (Å²) >= 11 is 5.95. The van der Waals surface area contributed by atoms with Gasteiger partial charge in [0, 0.05) is 28.9 Å². The fourth-order valence-electron chi connectivity index (χ4n) is 2.09. The number of aryl methyl sites for hydroxylation is 2. The van der Waals surface area contributed by atoms with Gasteiger partial charge in [0.1, 0.15) is 5.82 Å². The third-order valence-corrected chi connectivity index (χ3v) is 4.55. The van der Waals surface area contributed by atoms with Gasteiger partial charge in [-0.1, -0.05) is 19.1 Å². The van der Waals surface area contributed by atoms with Crippen LogP contribution < -0.4 is 0 Å². The first-order valence-electron chi connectivity index (χ1n) is 6.03. The Morgan fingerprint density at radius 2 is 2.22 bits per heavy atom. The van der Waals surface area contributed by atoms with E-state index in [1.54, 1.807) is 0 Å². The van der Waals surface area contributed by atoms with Gasteiger partial charge in [-0.2, -0.15) is 0 Å². The highest BCUT2D eigenvalue weighted by Gasteiger charge is 2.12. The Kier molecular flexibility index (Phi) is 4.40. The number of halogens is 1. The van der Waals surface area contributed by atoms with Crippen molar-refractivity contribution in [3.05, 3.63) is 29.6 Å². The highest BCUT2D eigenvalue weighted by Crippen LogP contribution is 2.21. The molecule has 1 atom stereocenters. The number of rotatable bonds is 5. The minimum atomic E-state index is -0.763. The first-order chi connectivity index (χ1) is 8.67. The molecule has 1 unspecified atom stereocenters. The summed E-state index contributed by atoms with van der Waals surface area (Å²) in [5.74, 6) is 2.59. The Hall–Kier alpha value is -0.870. The molecule has 0 aliphatic carbocycles. The third kappa shape index (κ3) is 2.59. The van der Waals surface area contributed by atoms with Crippen LogP contribution in [0.15, 0.2) is 18.2 Å². The summed E-state index contributed by atoms with van der Waals surface area (Å²) in [5, 5.41) is 0. The Morgan fingerprint density at radius 3 is 2.89 bits per heavy atom. The first-order valence-corrected chi connectivity index (χ1v) is 8.05. The van der Waals surface area contributed by atoms with E-state index in [0.29, 0.717) is 23.9 Å². The van der Waals surface area contributed by atoms with E-state index in [0.717, 1.165) is 16.9 Å². The number of nitrogens with zero attached hydrogens (tertiary/aromatic N) is 2. The Labute approximate surface area is 115 Å². The van der Waals surface area contributed by atoms with Crippen LogP contribution in [0.4, 0.5) is 0 Å². The molecule has 0 saturated heterocycles. The smallest absolute Gasteiger partial charge is 0.124 e. The summed E-state index contributed by atoms with van der Waals surface area (Å²) in [5.41, 5.74) is 3.26. The number of benzene rings is 1. The molecule has 0 N–H and O–H groups in total. The van der Waals surface area contributed by atoms with Crippen molar-refractivity contribution >= 4 is 33.4 Å². The van der Waals surface area contributed by atoms with Crippen LogP contribution in [0.3, 0.4) is 0 Å². The first kappa shape index (κ1) is 13.6. The summed E-state index contributed by atoms with van der Waals surface area (Å²) in [6.07, 6.45) is 0. The second-order valence-corrected chi connectivity index (χ2v) is 6.32. The SMILES string of the molecule is CCS(=O)CCn1c(CCl)nc2cccc(C)c21. The Bertz CT molecular complexity index is 580. The molecule has 2 aromatic rings. The summed E-state index contributed by atoms with van der Waals surface area (Å²) in [4.78, 5) is 4.53. The lowest BCUT2D eigenvalue weighted by molar-refractivity contribution is 0.673. The van der Waals surface area contributed by atoms with Gasteiger partial charge in [0.15, 0.2) is 0 Å². The molecule has 1 heterocycles. The van der Waals surface area contributed by atoms with Crippen LogP contribution in [0.5, 0.6) is 0 Å². The van der Waals surface area contributed by atoms with Crippen molar-refractivity contribution < 1.29 is 4.21 Å². The molecule has 1 aromatic carbocycles. The van der Waals surface area contributed by atoms with E-state index in [4.69, 9.17) is 11.6 Å². The summed E-state index contributed by atoms with van der Waals surface area (Å²) in [6, 6.07) is 6.05. The standard InChI is InChI=1S/C13H17ClN2OS/c1-3-18(17)8-7-16-12(9-14)15-11-6-4-5-10(2)13(11)16/h4-6H,3,7-9H2,1-2H3. The molecule has 2 rings (SSSR count). The minimum Gasteiger partial charge on any atom is -0.326 e. The van der Waals surface area contributed by atoms with E-state index in [9.17, 15) is 4.21 Å². The molecular weight excluding hydrogens is 268 g/mol. The van der Waals surface area contributed by atoms with E-state index in [1.165, 1.54) is 5.56 Å². The maximum Gasteiger partial charge on any atom is 0.124 e. The average molecular weight is 285 g/mol. The van der Waals surface area contributed by atoms with Crippen molar-refractivity contribution in [2.75, 3.05) is 11.5 Å². The zero-order valence-corrected chi connectivity index (χ0v) is 12.2. The molecule has 1 aromatic heterocycles. The zero-order valence-electron chi connectivity index (χ0n) is 10.6. The van der Waals surface area contributed by atoms with E-state index >= 15 is 0 Å². The monoisotopic (exact) mass is 284 g/mol. The maximum atomic E-state index is 11.6. The molecule has 0 amide bonds. The Morgan fingerprint density at radius 1 is 1.44 bits per heavy atom. The van der Waals surface area contributed by atoms with Crippen LogP contribution >= 0.6 is 11.6 Å². The van der Waals surface area contributed by atoms with Gasteiger partial charge in [0.25, 0.3) is 0 Å². The predicted octanol–water partition coefficient (Wildman–Crippen LogP) is 2.85. The van der Waals surface area contributed by atoms with Crippen LogP contribution in [0.2, 0.25) is 0 Å². The number of hydrogen-bond donors (Lipinski definition) is 0. The van der Waals surface area contributed by atoms with Gasteiger partial charge in [0.05, 0.1) is 16.9 Å². The molecule has 0 spiro atoms. The minimum absolute atomic E-state index is 0.382. The number of fused-ring (bicyclic) bond motifs is 1. The normalized spacial score (nSPS) is 13.1. The average Bonchev–Trinajstić information content (AvgIpc) is 2.75. The summed E-state index contributed by atoms with van der Waals surface area (Å²) in [6.45, 7) is 4.72. The van der Waals surface area contributed by atoms with Crippen LogP contribution in [0, 0.1) is 6.92 Å². The lowest BCUT2D eigenvalue weighted by atomic mass is 10.2. The second kappa shape index (κ2) is 5.85. The predicted molar refractivity (Wildman–Crippen MR) is 77.6 cm³/mol. The molecule has 0 bridgehead atoms. The van der Waals surface area contributed by atoms with E-state index < -0.39 is 10.8 Å². The van der Waals surface area contributed by atoms with Gasteiger partial charge in [-0.05, 0) is 18.6 Å². The molecule has 0 aliphatic heterocycles. The van der Waals surface area contributed by atoms with Crippen molar-refractivity contribution in [2.24, 2.45) is 0 Å². The zero-order chi connectivity index (χ0) is 13.1. The van der Waals surface area contributed by atoms with Gasteiger partial charge in [-0.15, -0.1) is 11.6 Å². The van der Waals surface area contributed by atoms with Crippen molar-refractivity contribution in [3.63, 3.8) is 0 Å². The van der Waals surface area contributed by atoms with Crippen LogP contribution in [0.1, 0.15) is 18.3 Å². The van der Waals surface area contributed by atoms with Gasteiger partial charge >= 0.3 is 0 Å². The molecule has 18 heavy (non-hydrogen) atoms. The molecule has 3 nitrogen and oxygen atoms in total. The summed E-state index contributed by atoms with van der Waals surface area (Å²) in [7, 11) is -0.763. The number of alkyl halides is 1. The molecule has 0 radical (unpaired) electrons. The third-order valence-electron chi connectivity index (χ3n) is 3.03. The topological polar surface area (TPSA) is 34.9 Å². The Balaban J connectivity index is 2.43. The number of aromatic nitrogens is 2. The van der Waals surface area contributed by atoms with Crippen LogP contribution in [-0.2, 0) is 23.2 Å². The fourth-order valence-corrected chi connectivity index (χ4v) is 2.97. The van der Waals surface area contributed by atoms with Crippen LogP contribution in [-0.4, -0.2) is 25.3 Å². The molecule has 0 saturated carbocycles. The second-order valence-electron chi connectivity index (χ2n) is 4.19. The quantitative estimate of drug-likeness (QED) is 0.792. The number of para-hydroxylation sites is 1. The summed E-state index contributed by atoms with van der Waals surface area (Å²) < 4.78 is 13.7. The maximum absolute atomic E-state index is 11.6. The van der Waals surface area contributed by atoms with Gasteiger partial charge in [-0.3, -0.25) is 4.21 Å². The largest absolute Gasteiger partial charge is 0.326 e. The highest BCUT2D eigenvalue weighted by atomic mass is 35.5. The fraction of sp³-hybridized carbons (Fsp3) is 0.462. The van der Waals surface area contributed by atoms with Crippen molar-refractivity contribution in [1.29, 1.82) is 0 Å². The number of hydrogen-bond acceptors (Lipinski definition) is 2. The lowest BCUT2D eigenvalue weighted by Gasteiger charge is -2.08. The van der Waals surface area contributed by atoms with Gasteiger partial charge in [-0.25, -0.2) is 4.98 Å².